The number of carbonyl (C=O) groups is 1. The molecule has 0 saturated carbocycles. The summed E-state index contributed by atoms with van der Waals surface area (Å²) >= 11 is 0. The fourth-order valence-electron chi connectivity index (χ4n) is 1.68. The lowest BCUT2D eigenvalue weighted by molar-refractivity contribution is -0.120. The fraction of sp³-hybridized carbons (Fsp3) is 0.400. The van der Waals surface area contributed by atoms with Gasteiger partial charge in [0.25, 0.3) is 0 Å². The predicted molar refractivity (Wildman–Crippen MR) is 77.2 cm³/mol. The number of hydrogen-bond acceptors (Lipinski definition) is 3. The summed E-state index contributed by atoms with van der Waals surface area (Å²) in [5, 5.41) is 5.90. The highest BCUT2D eigenvalue weighted by Crippen LogP contribution is 2.17. The minimum Gasteiger partial charge on any atom is -0.494 e. The zero-order valence-electron chi connectivity index (χ0n) is 11.6. The molecule has 0 heterocycles. The van der Waals surface area contributed by atoms with Gasteiger partial charge in [0.2, 0.25) is 5.91 Å². The molecular formula is C15H22N2O2. The Kier molecular flexibility index (Phi) is 6.68. The number of nitrogens with one attached hydrogen (secondary N) is 2. The van der Waals surface area contributed by atoms with Crippen molar-refractivity contribution >= 4 is 5.91 Å². The van der Waals surface area contributed by atoms with E-state index in [1.54, 1.807) is 6.08 Å². The highest BCUT2D eigenvalue weighted by molar-refractivity contribution is 5.78. The molecule has 1 aromatic carbocycles. The standard InChI is InChI=1S/C15H22N2O2/c1-4-10-16-11-15(18)17-12(3)13-6-8-14(9-7-13)19-5-2/h4,6-9,12,16H,1,5,10-11H2,2-3H3,(H,17,18). The highest BCUT2D eigenvalue weighted by Gasteiger charge is 2.08. The molecule has 1 aromatic rings. The summed E-state index contributed by atoms with van der Waals surface area (Å²) in [5.41, 5.74) is 1.06. The van der Waals surface area contributed by atoms with Crippen LogP contribution in [0.4, 0.5) is 0 Å². The smallest absolute Gasteiger partial charge is 0.234 e. The first-order chi connectivity index (χ1) is 9.17. The van der Waals surface area contributed by atoms with Crippen molar-refractivity contribution in [3.05, 3.63) is 42.5 Å². The van der Waals surface area contributed by atoms with Crippen molar-refractivity contribution in [2.45, 2.75) is 19.9 Å². The van der Waals surface area contributed by atoms with E-state index in [1.165, 1.54) is 0 Å². The molecule has 0 aliphatic rings. The number of hydrogen-bond donors (Lipinski definition) is 2. The van der Waals surface area contributed by atoms with Gasteiger partial charge >= 0.3 is 0 Å². The van der Waals surface area contributed by atoms with E-state index >= 15 is 0 Å². The Hall–Kier alpha value is -1.81. The topological polar surface area (TPSA) is 50.4 Å². The van der Waals surface area contributed by atoms with Crippen LogP contribution in [0.25, 0.3) is 0 Å². The van der Waals surface area contributed by atoms with Crippen LogP contribution in [0, 0.1) is 0 Å². The maximum Gasteiger partial charge on any atom is 0.234 e. The monoisotopic (exact) mass is 262 g/mol. The Morgan fingerprint density at radius 3 is 2.68 bits per heavy atom. The molecule has 1 amide bonds. The molecule has 0 aromatic heterocycles. The van der Waals surface area contributed by atoms with Crippen LogP contribution in [-0.4, -0.2) is 25.6 Å². The molecular weight excluding hydrogens is 240 g/mol. The van der Waals surface area contributed by atoms with Crippen LogP contribution in [0.1, 0.15) is 25.5 Å². The average Bonchev–Trinajstić information content (AvgIpc) is 2.40. The van der Waals surface area contributed by atoms with Gasteiger partial charge in [-0.25, -0.2) is 0 Å². The Bertz CT molecular complexity index is 401. The molecule has 1 unspecified atom stereocenters. The van der Waals surface area contributed by atoms with E-state index in [-0.39, 0.29) is 11.9 Å². The molecule has 1 rings (SSSR count). The third kappa shape index (κ3) is 5.57. The van der Waals surface area contributed by atoms with E-state index in [9.17, 15) is 4.79 Å². The van der Waals surface area contributed by atoms with Crippen molar-refractivity contribution in [1.82, 2.24) is 10.6 Å². The zero-order valence-corrected chi connectivity index (χ0v) is 11.6. The van der Waals surface area contributed by atoms with Gasteiger partial charge < -0.3 is 15.4 Å². The first-order valence-electron chi connectivity index (χ1n) is 6.51. The average molecular weight is 262 g/mol. The summed E-state index contributed by atoms with van der Waals surface area (Å²) in [6.45, 7) is 9.08. The van der Waals surface area contributed by atoms with E-state index < -0.39 is 0 Å². The number of amides is 1. The Balaban J connectivity index is 2.45. The first kappa shape index (κ1) is 15.2. The Morgan fingerprint density at radius 2 is 2.11 bits per heavy atom. The van der Waals surface area contributed by atoms with Crippen LogP contribution in [-0.2, 0) is 4.79 Å². The third-order valence-electron chi connectivity index (χ3n) is 2.64. The Labute approximate surface area is 114 Å². The largest absolute Gasteiger partial charge is 0.494 e. The van der Waals surface area contributed by atoms with Gasteiger partial charge in [0, 0.05) is 6.54 Å². The van der Waals surface area contributed by atoms with Crippen molar-refractivity contribution in [3.8, 4) is 5.75 Å². The molecule has 19 heavy (non-hydrogen) atoms. The van der Waals surface area contributed by atoms with Crippen molar-refractivity contribution in [2.75, 3.05) is 19.7 Å². The highest BCUT2D eigenvalue weighted by atomic mass is 16.5. The number of rotatable bonds is 8. The van der Waals surface area contributed by atoms with Crippen molar-refractivity contribution in [2.24, 2.45) is 0 Å². The molecule has 0 bridgehead atoms. The molecule has 104 valence electrons. The van der Waals surface area contributed by atoms with Gasteiger partial charge in [0.1, 0.15) is 5.75 Å². The molecule has 0 radical (unpaired) electrons. The van der Waals surface area contributed by atoms with E-state index in [0.29, 0.717) is 19.7 Å². The summed E-state index contributed by atoms with van der Waals surface area (Å²) in [6.07, 6.45) is 1.73. The van der Waals surface area contributed by atoms with Crippen LogP contribution in [0.15, 0.2) is 36.9 Å². The summed E-state index contributed by atoms with van der Waals surface area (Å²) in [4.78, 5) is 11.6. The van der Waals surface area contributed by atoms with E-state index in [0.717, 1.165) is 11.3 Å². The van der Waals surface area contributed by atoms with Crippen LogP contribution in [0.2, 0.25) is 0 Å². The fourth-order valence-corrected chi connectivity index (χ4v) is 1.68. The number of benzene rings is 1. The maximum atomic E-state index is 11.6. The normalized spacial score (nSPS) is 11.7. The van der Waals surface area contributed by atoms with E-state index in [4.69, 9.17) is 4.74 Å². The second-order valence-corrected chi connectivity index (χ2v) is 4.21. The van der Waals surface area contributed by atoms with Crippen LogP contribution in [0.3, 0.4) is 0 Å². The summed E-state index contributed by atoms with van der Waals surface area (Å²) in [5.74, 6) is 0.820. The lowest BCUT2D eigenvalue weighted by atomic mass is 10.1. The molecule has 0 spiro atoms. The molecule has 4 nitrogen and oxygen atoms in total. The van der Waals surface area contributed by atoms with Crippen LogP contribution >= 0.6 is 0 Å². The summed E-state index contributed by atoms with van der Waals surface area (Å²) in [7, 11) is 0. The molecule has 4 heteroatoms. The van der Waals surface area contributed by atoms with E-state index in [1.807, 2.05) is 38.1 Å². The van der Waals surface area contributed by atoms with Crippen molar-refractivity contribution in [3.63, 3.8) is 0 Å². The van der Waals surface area contributed by atoms with Gasteiger partial charge in [-0.3, -0.25) is 4.79 Å². The van der Waals surface area contributed by atoms with Crippen molar-refractivity contribution < 1.29 is 9.53 Å². The van der Waals surface area contributed by atoms with Gasteiger partial charge in [-0.15, -0.1) is 6.58 Å². The van der Waals surface area contributed by atoms with Gasteiger partial charge in [-0.2, -0.15) is 0 Å². The second-order valence-electron chi connectivity index (χ2n) is 4.21. The summed E-state index contributed by atoms with van der Waals surface area (Å²) < 4.78 is 5.38. The maximum absolute atomic E-state index is 11.6. The third-order valence-corrected chi connectivity index (χ3v) is 2.64. The first-order valence-corrected chi connectivity index (χ1v) is 6.51. The van der Waals surface area contributed by atoms with Gasteiger partial charge in [0.15, 0.2) is 0 Å². The second kappa shape index (κ2) is 8.32. The van der Waals surface area contributed by atoms with Gasteiger partial charge in [-0.05, 0) is 31.5 Å². The zero-order chi connectivity index (χ0) is 14.1. The molecule has 2 N–H and O–H groups in total. The molecule has 1 atom stereocenters. The molecule has 0 aliphatic carbocycles. The number of carbonyl (C=O) groups excluding carboxylic acids is 1. The minimum absolute atomic E-state index is 0.0197. The lowest BCUT2D eigenvalue weighted by Crippen LogP contribution is -2.35. The molecule has 0 aliphatic heterocycles. The molecule has 0 fully saturated rings. The minimum atomic E-state index is -0.0248. The molecule has 0 saturated heterocycles. The van der Waals surface area contributed by atoms with Gasteiger partial charge in [-0.1, -0.05) is 18.2 Å². The quantitative estimate of drug-likeness (QED) is 0.557. The van der Waals surface area contributed by atoms with Gasteiger partial charge in [0.05, 0.1) is 19.2 Å². The predicted octanol–water partition coefficient (Wildman–Crippen LogP) is 2.04. The van der Waals surface area contributed by atoms with Crippen LogP contribution in [0.5, 0.6) is 5.75 Å². The van der Waals surface area contributed by atoms with Crippen LogP contribution < -0.4 is 15.4 Å². The Morgan fingerprint density at radius 1 is 1.42 bits per heavy atom. The van der Waals surface area contributed by atoms with Crippen molar-refractivity contribution in [1.29, 1.82) is 0 Å². The number of ether oxygens (including phenoxy) is 1. The SMILES string of the molecule is C=CCNCC(=O)NC(C)c1ccc(OCC)cc1. The summed E-state index contributed by atoms with van der Waals surface area (Å²) in [6, 6.07) is 7.74. The van der Waals surface area contributed by atoms with E-state index in [2.05, 4.69) is 17.2 Å². The lowest BCUT2D eigenvalue weighted by Gasteiger charge is -2.15.